The van der Waals surface area contributed by atoms with Gasteiger partial charge < -0.3 is 39.4 Å². The number of amides is 3. The zero-order chi connectivity index (χ0) is 66.3. The first kappa shape index (κ1) is 78.1. The largest absolute Gasteiger partial charge is 0.481 e. The maximum atomic E-state index is 14.6. The summed E-state index contributed by atoms with van der Waals surface area (Å²) in [6.45, 7) is 9.90. The van der Waals surface area contributed by atoms with Gasteiger partial charge in [0.1, 0.15) is 12.2 Å². The lowest BCUT2D eigenvalue weighted by molar-refractivity contribution is -0.153. The number of anilines is 2. The minimum Gasteiger partial charge on any atom is -0.481 e. The van der Waals surface area contributed by atoms with Crippen LogP contribution < -0.4 is 15.5 Å². The highest BCUT2D eigenvalue weighted by Gasteiger charge is 2.60. The van der Waals surface area contributed by atoms with Gasteiger partial charge in [-0.25, -0.2) is 9.59 Å². The summed E-state index contributed by atoms with van der Waals surface area (Å²) in [5.74, 6) is -2.77. The highest BCUT2D eigenvalue weighted by atomic mass is 16.6. The van der Waals surface area contributed by atoms with E-state index >= 15 is 0 Å². The van der Waals surface area contributed by atoms with Gasteiger partial charge in [-0.15, -0.1) is 0 Å². The number of para-hydroxylation sites is 2. The number of rotatable bonds is 19. The molecule has 14 atom stereocenters. The number of hydrogen-bond donors (Lipinski definition) is 3. The van der Waals surface area contributed by atoms with Gasteiger partial charge in [0.15, 0.2) is 0 Å². The van der Waals surface area contributed by atoms with Crippen LogP contribution in [-0.2, 0) is 42.9 Å². The number of aliphatic carboxylic acids is 1. The van der Waals surface area contributed by atoms with Crippen molar-refractivity contribution in [3.63, 3.8) is 0 Å². The lowest BCUT2D eigenvalue weighted by Crippen LogP contribution is -2.85. The Balaban J connectivity index is 0.000000243. The third kappa shape index (κ3) is 20.0. The molecule has 3 amide bonds. The highest BCUT2D eigenvalue weighted by molar-refractivity contribution is 8.24. The van der Waals surface area contributed by atoms with Gasteiger partial charge in [-0.2, -0.15) is 0 Å². The molecule has 27 radical (unpaired) electrons. The summed E-state index contributed by atoms with van der Waals surface area (Å²) >= 11 is 0. The lowest BCUT2D eigenvalue weighted by Gasteiger charge is -2.48. The highest BCUT2D eigenvalue weighted by Crippen LogP contribution is 2.55. The van der Waals surface area contributed by atoms with Crippen molar-refractivity contribution in [2.75, 3.05) is 31.3 Å². The summed E-state index contributed by atoms with van der Waals surface area (Å²) in [6.07, 6.45) is -2.28. The summed E-state index contributed by atoms with van der Waals surface area (Å²) in [5, 5.41) is 15.6. The van der Waals surface area contributed by atoms with Crippen LogP contribution in [0.5, 0.6) is 0 Å². The molecule has 2 aromatic carbocycles. The fourth-order valence-electron chi connectivity index (χ4n) is 16.0. The zero-order valence-corrected chi connectivity index (χ0v) is 52.6. The average Bonchev–Trinajstić information content (AvgIpc) is 1.61. The number of carbonyl (C=O) groups excluding carboxylic acids is 5. The van der Waals surface area contributed by atoms with Crippen molar-refractivity contribution in [3.8, 4) is 0 Å². The van der Waals surface area contributed by atoms with Crippen LogP contribution in [0, 0.1) is 59.2 Å². The van der Waals surface area contributed by atoms with Crippen molar-refractivity contribution < 1.29 is 57.6 Å². The molecular formula is C51H71B25N3O12. The molecule has 7 fully saturated rings. The molecule has 9 rings (SSSR count). The number of carboxylic acid groups (broad SMARTS) is 1. The molecule has 0 spiro atoms. The van der Waals surface area contributed by atoms with Gasteiger partial charge in [-0.1, -0.05) is 43.8 Å². The van der Waals surface area contributed by atoms with Gasteiger partial charge in [-0.05, 0) is 140 Å². The molecule has 3 saturated heterocycles. The summed E-state index contributed by atoms with van der Waals surface area (Å²) < 4.78 is 26.0. The van der Waals surface area contributed by atoms with E-state index in [1.165, 1.54) is 19.9 Å². The Kier molecular flexibility index (Phi) is 31.8. The number of alkyl carbamates (subject to hydrolysis) is 2. The summed E-state index contributed by atoms with van der Waals surface area (Å²) in [7, 11) is 77.9. The standard InChI is InChI=1S/C29H34N2O5.C17H25NO6.C4H8O.CH4.B25/c1-3-35-29(34)30-20-14-15-23-19(16-20)17-24-25(18(2)36-28(24)33)26(23)27(32)31(21-10-6-4-7-11-21)22-12-8-5-9-13-22;1-3-23-17(22)18-10-4-5-11-9(6-10)7-12-13(14(11)15(19)20)8(2)24-16(12)21;1-2-4-5-3-1;;1-14-21(15(2)3)24(20(12)13)25(22(16(4)5)17(6)7)23(18(8)9)19(10)11/h4-13,18-20,23-26H,3,14-17H2,1-2H3,(H,30,34);8-14H,3-7H2,1-2H3,(H,18,22)(H,19,20);1-4H2;1H4;/t18-,19+,20-,23-,24-,25-,26+;8-,9+,10-,11-,12-,13-,14+;;;/m11.../s1. The van der Waals surface area contributed by atoms with E-state index < -0.39 is 94.3 Å². The number of nitrogens with one attached hydrogen (secondary N) is 2. The van der Waals surface area contributed by atoms with Crippen molar-refractivity contribution in [3.05, 3.63) is 60.7 Å². The van der Waals surface area contributed by atoms with Crippen LogP contribution in [-0.4, -0.2) is 270 Å². The van der Waals surface area contributed by atoms with E-state index in [1.807, 2.05) is 72.5 Å². The molecule has 91 heavy (non-hydrogen) atoms. The second-order valence-corrected chi connectivity index (χ2v) is 25.3. The predicted molar refractivity (Wildman–Crippen MR) is 389 cm³/mol. The third-order valence-corrected chi connectivity index (χ3v) is 19.7. The fraction of sp³-hybridized carbons (Fsp3) is 0.647. The van der Waals surface area contributed by atoms with E-state index in [2.05, 4.69) is 10.6 Å². The van der Waals surface area contributed by atoms with Crippen molar-refractivity contribution in [1.82, 2.24) is 10.6 Å². The number of cyclic esters (lactones) is 2. The van der Waals surface area contributed by atoms with Crippen LogP contribution in [0.3, 0.4) is 0 Å². The Hall–Kier alpha value is -3.56. The normalized spacial score (nSPS) is 26.9. The lowest BCUT2D eigenvalue weighted by atomic mass is 8.35. The number of carbonyl (C=O) groups is 6. The topological polar surface area (TPSA) is 196 Å². The SMILES string of the molecule is C.C1CCOC1.CCOC(=O)N[C@@H]1CC[C@@H]2[C@@H](C1)C[C@H]1C(=O)O[C@H](C)[C@H]1[C@H]2C(=O)N(c1ccccc1)c1ccccc1.CCOC(=O)N[C@@H]1CC[C@@H]2[C@@H](C1)C[C@H]1C(=O)O[C@H](C)[C@H]1[C@H]2C(=O)O.[B][B]B(B([B])[B])B(B([B])[B])B(B(B([B])[B])B([B])[B])B(B([B])[B])B([B])[B]. The van der Waals surface area contributed by atoms with Crippen molar-refractivity contribution in [2.45, 2.75) is 124 Å². The maximum absolute atomic E-state index is 14.6. The van der Waals surface area contributed by atoms with Crippen molar-refractivity contribution >= 4 is 225 Å². The van der Waals surface area contributed by atoms with Gasteiger partial charge in [0.05, 0.1) is 31.0 Å². The Morgan fingerprint density at radius 1 is 0.571 bits per heavy atom. The van der Waals surface area contributed by atoms with Crippen molar-refractivity contribution in [1.29, 1.82) is 0 Å². The summed E-state index contributed by atoms with van der Waals surface area (Å²) in [5.41, 5.74) is 1.62. The Bertz CT molecular complexity index is 2540. The summed E-state index contributed by atoms with van der Waals surface area (Å²) in [6, 6.07) is 19.4. The molecule has 7 aliphatic rings. The maximum Gasteiger partial charge on any atom is 0.407 e. The molecule has 2 aromatic rings. The second kappa shape index (κ2) is 37.1. The first-order chi connectivity index (χ1) is 42.8. The van der Waals surface area contributed by atoms with Crippen LogP contribution in [0.25, 0.3) is 0 Å². The van der Waals surface area contributed by atoms with Crippen LogP contribution >= 0.6 is 0 Å². The number of hydrogen-bond acceptors (Lipinski definition) is 11. The number of carboxylic acids is 1. The molecule has 437 valence electrons. The van der Waals surface area contributed by atoms with E-state index in [-0.39, 0.29) is 103 Å². The number of nitrogens with zero attached hydrogens (tertiary/aromatic N) is 1. The van der Waals surface area contributed by atoms with E-state index in [0.717, 1.165) is 56.7 Å². The number of esters is 2. The molecule has 3 aliphatic heterocycles. The van der Waals surface area contributed by atoms with Crippen LogP contribution in [0.2, 0.25) is 0 Å². The Morgan fingerprint density at radius 3 is 1.29 bits per heavy atom. The van der Waals surface area contributed by atoms with E-state index in [9.17, 15) is 33.9 Å². The van der Waals surface area contributed by atoms with Crippen molar-refractivity contribution in [2.24, 2.45) is 59.2 Å². The van der Waals surface area contributed by atoms with E-state index in [0.29, 0.717) is 32.5 Å². The van der Waals surface area contributed by atoms with Gasteiger partial charge >= 0.3 is 30.1 Å². The quantitative estimate of drug-likeness (QED) is 0.0866. The molecule has 0 unspecified atom stereocenters. The molecule has 3 N–H and O–H groups in total. The summed E-state index contributed by atoms with van der Waals surface area (Å²) in [4.78, 5) is 76.9. The Labute approximate surface area is 564 Å². The van der Waals surface area contributed by atoms with E-state index in [1.54, 1.807) is 20.8 Å². The second-order valence-electron chi connectivity index (χ2n) is 25.3. The molecule has 40 heteroatoms. The first-order valence-electron chi connectivity index (χ1n) is 31.9. The minimum atomic E-state index is -0.960. The van der Waals surface area contributed by atoms with Gasteiger partial charge in [-0.3, -0.25) is 24.1 Å². The smallest absolute Gasteiger partial charge is 0.407 e. The zero-order valence-electron chi connectivity index (χ0n) is 52.6. The number of benzene rings is 2. The molecule has 3 heterocycles. The molecular weight excluding hydrogens is 1120 g/mol. The molecule has 4 aliphatic carbocycles. The van der Waals surface area contributed by atoms with Crippen LogP contribution in [0.1, 0.15) is 99.3 Å². The van der Waals surface area contributed by atoms with Gasteiger partial charge in [0, 0.05) is 232 Å². The minimum absolute atomic E-state index is 0. The first-order valence-corrected chi connectivity index (χ1v) is 31.9. The molecule has 0 bridgehead atoms. The third-order valence-electron chi connectivity index (χ3n) is 19.7. The molecule has 0 aromatic heterocycles. The molecule has 15 nitrogen and oxygen atoms in total. The predicted octanol–water partition coefficient (Wildman–Crippen LogP) is -1.21. The monoisotopic (exact) mass is 1190 g/mol. The molecule has 4 saturated carbocycles. The average molecular weight is 1190 g/mol. The van der Waals surface area contributed by atoms with Gasteiger partial charge in [0.2, 0.25) is 5.91 Å². The van der Waals surface area contributed by atoms with Crippen LogP contribution in [0.4, 0.5) is 21.0 Å². The van der Waals surface area contributed by atoms with Crippen LogP contribution in [0.15, 0.2) is 60.7 Å². The van der Waals surface area contributed by atoms with E-state index in [4.69, 9.17) is 124 Å². The Morgan fingerprint density at radius 2 is 0.956 bits per heavy atom. The number of fused-ring (bicyclic) bond motifs is 4. The number of ether oxygens (including phenoxy) is 5. The fourth-order valence-corrected chi connectivity index (χ4v) is 16.0. The van der Waals surface area contributed by atoms with Gasteiger partial charge in [0.25, 0.3) is 0 Å².